The Kier molecular flexibility index (Phi) is 5.40. The average molecular weight is 246 g/mol. The smallest absolute Gasteiger partial charge is 0.311 e. The van der Waals surface area contributed by atoms with E-state index < -0.39 is 7.60 Å². The van der Waals surface area contributed by atoms with Crippen molar-refractivity contribution in [2.75, 3.05) is 19.2 Å². The molecule has 0 aliphatic carbocycles. The molecule has 0 saturated carbocycles. The van der Waals surface area contributed by atoms with E-state index in [0.29, 0.717) is 12.1 Å². The van der Waals surface area contributed by atoms with Gasteiger partial charge in [-0.15, -0.1) is 11.8 Å². The molecule has 1 rings (SSSR count). The molecule has 84 valence electrons. The van der Waals surface area contributed by atoms with Crippen molar-refractivity contribution in [1.29, 1.82) is 0 Å². The Bertz CT molecular complexity index is 329. The van der Waals surface area contributed by atoms with E-state index in [1.54, 1.807) is 6.92 Å². The first-order chi connectivity index (χ1) is 7.20. The van der Waals surface area contributed by atoms with E-state index in [4.69, 9.17) is 9.05 Å². The molecule has 0 radical (unpaired) electrons. The lowest BCUT2D eigenvalue weighted by Gasteiger charge is -2.14. The van der Waals surface area contributed by atoms with E-state index in [9.17, 15) is 4.57 Å². The molecule has 0 fully saturated rings. The molecule has 3 nitrogen and oxygen atoms in total. The monoisotopic (exact) mass is 246 g/mol. The van der Waals surface area contributed by atoms with Crippen LogP contribution in [0.1, 0.15) is 6.92 Å². The Labute approximate surface area is 94.7 Å². The van der Waals surface area contributed by atoms with Gasteiger partial charge in [-0.1, -0.05) is 18.2 Å². The Hall–Kier alpha value is -0.280. The van der Waals surface area contributed by atoms with Crippen LogP contribution in [0.2, 0.25) is 0 Å². The van der Waals surface area contributed by atoms with Gasteiger partial charge in [-0.2, -0.15) is 0 Å². The van der Waals surface area contributed by atoms with Crippen LogP contribution in [0.3, 0.4) is 0 Å². The van der Waals surface area contributed by atoms with Crippen LogP contribution in [0, 0.1) is 0 Å². The number of benzene rings is 1. The van der Waals surface area contributed by atoms with Crippen LogP contribution in [-0.4, -0.2) is 19.2 Å². The van der Waals surface area contributed by atoms with Gasteiger partial charge in [-0.3, -0.25) is 4.57 Å². The van der Waals surface area contributed by atoms with Crippen LogP contribution in [0.5, 0.6) is 0 Å². The Balaban J connectivity index is 2.51. The topological polar surface area (TPSA) is 35.5 Å². The number of hydrogen-bond donors (Lipinski definition) is 0. The summed E-state index contributed by atoms with van der Waals surface area (Å²) in [5.74, 6) is 0. The molecule has 0 aliphatic heterocycles. The lowest BCUT2D eigenvalue weighted by molar-refractivity contribution is 0.248. The third-order valence-electron chi connectivity index (χ3n) is 1.74. The first-order valence-corrected chi connectivity index (χ1v) is 7.38. The van der Waals surface area contributed by atoms with Crippen LogP contribution in [0.15, 0.2) is 35.2 Å². The summed E-state index contributed by atoms with van der Waals surface area (Å²) in [4.78, 5) is 1.06. The van der Waals surface area contributed by atoms with Crippen molar-refractivity contribution in [2.24, 2.45) is 0 Å². The Morgan fingerprint density at radius 3 is 2.53 bits per heavy atom. The van der Waals surface area contributed by atoms with Gasteiger partial charge in [0.2, 0.25) is 0 Å². The molecule has 0 N–H and O–H groups in total. The molecule has 0 bridgehead atoms. The molecular weight excluding hydrogens is 231 g/mol. The second kappa shape index (κ2) is 6.33. The molecule has 1 aromatic carbocycles. The Morgan fingerprint density at radius 2 is 2.00 bits per heavy atom. The molecule has 0 unspecified atom stereocenters. The van der Waals surface area contributed by atoms with Crippen molar-refractivity contribution in [1.82, 2.24) is 0 Å². The largest absolute Gasteiger partial charge is 0.340 e. The molecule has 5 heteroatoms. The van der Waals surface area contributed by atoms with Gasteiger partial charge < -0.3 is 9.05 Å². The lowest BCUT2D eigenvalue weighted by Crippen LogP contribution is -1.94. The summed E-state index contributed by atoms with van der Waals surface area (Å²) in [5, 5.41) is 0. The van der Waals surface area contributed by atoms with Gasteiger partial charge in [-0.25, -0.2) is 0 Å². The van der Waals surface area contributed by atoms with Gasteiger partial charge in [0.25, 0.3) is 0 Å². The van der Waals surface area contributed by atoms with E-state index >= 15 is 0 Å². The maximum Gasteiger partial charge on any atom is 0.340 e. The lowest BCUT2D eigenvalue weighted by atomic mass is 10.4. The molecule has 0 amide bonds. The van der Waals surface area contributed by atoms with Gasteiger partial charge in [0.1, 0.15) is 5.49 Å². The second-order valence-corrected chi connectivity index (χ2v) is 6.44. The fraction of sp³-hybridized carbons (Fsp3) is 0.400. The molecule has 15 heavy (non-hydrogen) atoms. The predicted octanol–water partition coefficient (Wildman–Crippen LogP) is 3.61. The van der Waals surface area contributed by atoms with E-state index in [1.807, 2.05) is 30.3 Å². The van der Waals surface area contributed by atoms with E-state index in [-0.39, 0.29) is 0 Å². The zero-order valence-corrected chi connectivity index (χ0v) is 10.6. The third-order valence-corrected chi connectivity index (χ3v) is 5.33. The molecule has 1 aromatic rings. The van der Waals surface area contributed by atoms with Gasteiger partial charge in [-0.05, 0) is 19.1 Å². The molecule has 1 atom stereocenters. The SMILES string of the molecule is CCO[P@@](=O)(CSc1ccccc1)OC. The summed E-state index contributed by atoms with van der Waals surface area (Å²) in [6.45, 7) is 2.21. The molecule has 0 heterocycles. The van der Waals surface area contributed by atoms with Crippen LogP contribution in [0.25, 0.3) is 0 Å². The molecule has 0 aliphatic rings. The molecular formula is C10H15O3PS. The highest BCUT2D eigenvalue weighted by molar-refractivity contribution is 8.04. The van der Waals surface area contributed by atoms with Crippen molar-refractivity contribution in [3.8, 4) is 0 Å². The maximum atomic E-state index is 11.9. The zero-order chi connectivity index (χ0) is 11.1. The summed E-state index contributed by atoms with van der Waals surface area (Å²) >= 11 is 1.48. The van der Waals surface area contributed by atoms with Crippen molar-refractivity contribution < 1.29 is 13.6 Å². The highest BCUT2D eigenvalue weighted by atomic mass is 32.2. The first kappa shape index (κ1) is 12.8. The third kappa shape index (κ3) is 4.39. The highest BCUT2D eigenvalue weighted by Crippen LogP contribution is 2.51. The number of thioether (sulfide) groups is 1. The fourth-order valence-corrected chi connectivity index (χ4v) is 3.81. The molecule has 0 saturated heterocycles. The van der Waals surface area contributed by atoms with Crippen LogP contribution < -0.4 is 0 Å². The zero-order valence-electron chi connectivity index (χ0n) is 8.88. The summed E-state index contributed by atoms with van der Waals surface area (Å²) in [5.41, 5.74) is 0.349. The van der Waals surface area contributed by atoms with Crippen LogP contribution in [-0.2, 0) is 13.6 Å². The predicted molar refractivity (Wildman–Crippen MR) is 63.4 cm³/mol. The minimum atomic E-state index is -2.90. The first-order valence-electron chi connectivity index (χ1n) is 4.67. The maximum absolute atomic E-state index is 11.9. The summed E-state index contributed by atoms with van der Waals surface area (Å²) in [7, 11) is -1.48. The van der Waals surface area contributed by atoms with Crippen molar-refractivity contribution in [2.45, 2.75) is 11.8 Å². The van der Waals surface area contributed by atoms with Crippen molar-refractivity contribution in [3.63, 3.8) is 0 Å². The molecule has 0 spiro atoms. The van der Waals surface area contributed by atoms with Crippen LogP contribution in [0.4, 0.5) is 0 Å². The summed E-state index contributed by atoms with van der Waals surface area (Å²) < 4.78 is 21.9. The van der Waals surface area contributed by atoms with Gasteiger partial charge >= 0.3 is 7.60 Å². The van der Waals surface area contributed by atoms with Crippen LogP contribution >= 0.6 is 19.4 Å². The minimum Gasteiger partial charge on any atom is -0.311 e. The Morgan fingerprint density at radius 1 is 1.33 bits per heavy atom. The standard InChI is InChI=1S/C10H15O3PS/c1-3-13-14(11,12-2)9-15-10-7-5-4-6-8-10/h4-8H,3,9H2,1-2H3/t14-/m1/s1. The summed E-state index contributed by atoms with van der Waals surface area (Å²) in [6, 6.07) is 9.78. The number of rotatable bonds is 6. The second-order valence-electron chi connectivity index (χ2n) is 2.80. The quantitative estimate of drug-likeness (QED) is 0.567. The van der Waals surface area contributed by atoms with E-state index in [1.165, 1.54) is 18.9 Å². The molecule has 0 aromatic heterocycles. The average Bonchev–Trinajstić information content (AvgIpc) is 2.28. The van der Waals surface area contributed by atoms with Crippen molar-refractivity contribution in [3.05, 3.63) is 30.3 Å². The highest BCUT2D eigenvalue weighted by Gasteiger charge is 2.22. The fourth-order valence-electron chi connectivity index (χ4n) is 1.01. The van der Waals surface area contributed by atoms with Gasteiger partial charge in [0.15, 0.2) is 0 Å². The normalized spacial score (nSPS) is 14.8. The van der Waals surface area contributed by atoms with E-state index in [2.05, 4.69) is 0 Å². The number of hydrogen-bond acceptors (Lipinski definition) is 4. The van der Waals surface area contributed by atoms with E-state index in [0.717, 1.165) is 4.90 Å². The van der Waals surface area contributed by atoms with Gasteiger partial charge in [0, 0.05) is 12.0 Å². The van der Waals surface area contributed by atoms with Crippen molar-refractivity contribution >= 4 is 19.4 Å². The summed E-state index contributed by atoms with van der Waals surface area (Å²) in [6.07, 6.45) is 0. The minimum absolute atomic E-state index is 0.349. The van der Waals surface area contributed by atoms with Gasteiger partial charge in [0.05, 0.1) is 6.61 Å².